The summed E-state index contributed by atoms with van der Waals surface area (Å²) in [5, 5.41) is 3.21. The van der Waals surface area contributed by atoms with Gasteiger partial charge in [0.15, 0.2) is 0 Å². The van der Waals surface area contributed by atoms with Crippen molar-refractivity contribution in [2.24, 2.45) is 0 Å². The topological polar surface area (TPSA) is 73.6 Å². The fourth-order valence-corrected chi connectivity index (χ4v) is 2.07. The molecule has 104 valence electrons. The molecule has 1 amide bonds. The van der Waals surface area contributed by atoms with Crippen molar-refractivity contribution in [3.63, 3.8) is 0 Å². The maximum absolute atomic E-state index is 11.7. The summed E-state index contributed by atoms with van der Waals surface area (Å²) in [6, 6.07) is 4.92. The van der Waals surface area contributed by atoms with Crippen LogP contribution in [0.1, 0.15) is 12.8 Å². The predicted octanol–water partition coefficient (Wildman–Crippen LogP) is 2.06. The second-order valence-electron chi connectivity index (χ2n) is 4.43. The lowest BCUT2D eigenvalue weighted by Gasteiger charge is -2.11. The molecule has 0 aliphatic carbocycles. The van der Waals surface area contributed by atoms with Crippen LogP contribution < -0.4 is 11.1 Å². The Morgan fingerprint density at radius 1 is 1.58 bits per heavy atom. The molecule has 1 aromatic carbocycles. The fourth-order valence-electron chi connectivity index (χ4n) is 1.89. The van der Waals surface area contributed by atoms with Crippen LogP contribution in [0.15, 0.2) is 18.2 Å². The Morgan fingerprint density at radius 3 is 3.11 bits per heavy atom. The summed E-state index contributed by atoms with van der Waals surface area (Å²) >= 11 is 5.78. The number of carbonyl (C=O) groups is 1. The summed E-state index contributed by atoms with van der Waals surface area (Å²) in [6.07, 6.45) is 2.17. The van der Waals surface area contributed by atoms with Gasteiger partial charge in [0.25, 0.3) is 0 Å². The molecule has 1 saturated heterocycles. The van der Waals surface area contributed by atoms with E-state index in [1.807, 2.05) is 0 Å². The maximum Gasteiger partial charge on any atom is 0.250 e. The molecule has 1 unspecified atom stereocenters. The number of halogens is 1. The van der Waals surface area contributed by atoms with Gasteiger partial charge in [-0.15, -0.1) is 0 Å². The zero-order valence-corrected chi connectivity index (χ0v) is 11.3. The first-order valence-electron chi connectivity index (χ1n) is 6.19. The van der Waals surface area contributed by atoms with Crippen molar-refractivity contribution in [1.82, 2.24) is 0 Å². The summed E-state index contributed by atoms with van der Waals surface area (Å²) in [7, 11) is 0. The van der Waals surface area contributed by atoms with E-state index in [1.165, 1.54) is 0 Å². The molecule has 1 fully saturated rings. The highest BCUT2D eigenvalue weighted by Gasteiger charge is 2.16. The lowest BCUT2D eigenvalue weighted by Crippen LogP contribution is -2.22. The van der Waals surface area contributed by atoms with Crippen LogP contribution >= 0.6 is 11.6 Å². The standard InChI is InChI=1S/C13H17ClN2O3/c14-9-3-4-12(11(15)6-9)16-13(17)8-18-7-10-2-1-5-19-10/h3-4,6,10H,1-2,5,7-8,15H2,(H,16,17). The molecule has 0 radical (unpaired) electrons. The molecular formula is C13H17ClN2O3. The number of nitrogens with one attached hydrogen (secondary N) is 1. The molecule has 1 aliphatic heterocycles. The number of hydrogen-bond donors (Lipinski definition) is 2. The van der Waals surface area contributed by atoms with Crippen LogP contribution in [-0.2, 0) is 14.3 Å². The van der Waals surface area contributed by atoms with E-state index in [1.54, 1.807) is 18.2 Å². The van der Waals surface area contributed by atoms with Crippen molar-refractivity contribution in [3.8, 4) is 0 Å². The number of carbonyl (C=O) groups excluding carboxylic acids is 1. The molecule has 3 N–H and O–H groups in total. The van der Waals surface area contributed by atoms with E-state index in [0.29, 0.717) is 23.0 Å². The van der Waals surface area contributed by atoms with Gasteiger partial charge in [-0.05, 0) is 31.0 Å². The fraction of sp³-hybridized carbons (Fsp3) is 0.462. The van der Waals surface area contributed by atoms with E-state index < -0.39 is 0 Å². The van der Waals surface area contributed by atoms with Crippen molar-refractivity contribution >= 4 is 28.9 Å². The van der Waals surface area contributed by atoms with Crippen molar-refractivity contribution in [3.05, 3.63) is 23.2 Å². The first kappa shape index (κ1) is 14.1. The third kappa shape index (κ3) is 4.38. The van der Waals surface area contributed by atoms with Gasteiger partial charge in [0, 0.05) is 11.6 Å². The molecule has 0 saturated carbocycles. The number of nitrogen functional groups attached to an aromatic ring is 1. The van der Waals surface area contributed by atoms with E-state index >= 15 is 0 Å². The van der Waals surface area contributed by atoms with Crippen molar-refractivity contribution in [2.45, 2.75) is 18.9 Å². The molecule has 5 nitrogen and oxygen atoms in total. The number of benzene rings is 1. The first-order valence-corrected chi connectivity index (χ1v) is 6.57. The summed E-state index contributed by atoms with van der Waals surface area (Å²) in [5.74, 6) is -0.244. The van der Waals surface area contributed by atoms with E-state index in [4.69, 9.17) is 26.8 Å². The van der Waals surface area contributed by atoms with Gasteiger partial charge in [-0.25, -0.2) is 0 Å². The smallest absolute Gasteiger partial charge is 0.250 e. The Bertz CT molecular complexity index is 448. The summed E-state index contributed by atoms with van der Waals surface area (Å²) in [5.41, 5.74) is 6.71. The van der Waals surface area contributed by atoms with Crippen LogP contribution in [0.2, 0.25) is 5.02 Å². The summed E-state index contributed by atoms with van der Waals surface area (Å²) in [4.78, 5) is 11.7. The maximum atomic E-state index is 11.7. The lowest BCUT2D eigenvalue weighted by atomic mass is 10.2. The average Bonchev–Trinajstić information content (AvgIpc) is 2.86. The monoisotopic (exact) mass is 284 g/mol. The summed E-state index contributed by atoms with van der Waals surface area (Å²) < 4.78 is 10.7. The van der Waals surface area contributed by atoms with Crippen molar-refractivity contribution in [2.75, 3.05) is 30.9 Å². The second kappa shape index (κ2) is 6.75. The Labute approximate surface area is 117 Å². The minimum absolute atomic E-state index is 0.0120. The van der Waals surface area contributed by atoms with E-state index in [0.717, 1.165) is 19.4 Å². The zero-order chi connectivity index (χ0) is 13.7. The van der Waals surface area contributed by atoms with Crippen molar-refractivity contribution < 1.29 is 14.3 Å². The van der Waals surface area contributed by atoms with Gasteiger partial charge in [-0.1, -0.05) is 11.6 Å². The van der Waals surface area contributed by atoms with Gasteiger partial charge in [0.1, 0.15) is 6.61 Å². The molecule has 6 heteroatoms. The first-order chi connectivity index (χ1) is 9.15. The van der Waals surface area contributed by atoms with Crippen LogP contribution in [0.25, 0.3) is 0 Å². The highest BCUT2D eigenvalue weighted by Crippen LogP contribution is 2.22. The SMILES string of the molecule is Nc1cc(Cl)ccc1NC(=O)COCC1CCCO1. The quantitative estimate of drug-likeness (QED) is 0.812. The molecule has 2 rings (SSSR count). The zero-order valence-electron chi connectivity index (χ0n) is 10.5. The molecule has 1 aromatic rings. The van der Waals surface area contributed by atoms with Gasteiger partial charge < -0.3 is 20.5 Å². The van der Waals surface area contributed by atoms with Gasteiger partial charge in [-0.3, -0.25) is 4.79 Å². The lowest BCUT2D eigenvalue weighted by molar-refractivity contribution is -0.121. The molecule has 0 aromatic heterocycles. The third-order valence-electron chi connectivity index (χ3n) is 2.85. The number of ether oxygens (including phenoxy) is 2. The molecule has 1 heterocycles. The Balaban J connectivity index is 1.74. The largest absolute Gasteiger partial charge is 0.397 e. The molecule has 19 heavy (non-hydrogen) atoms. The molecule has 0 bridgehead atoms. The Morgan fingerprint density at radius 2 is 2.42 bits per heavy atom. The highest BCUT2D eigenvalue weighted by molar-refractivity contribution is 6.31. The number of nitrogens with two attached hydrogens (primary N) is 1. The molecule has 1 aliphatic rings. The number of rotatable bonds is 5. The Hall–Kier alpha value is -1.30. The van der Waals surface area contributed by atoms with Gasteiger partial charge in [0.2, 0.25) is 5.91 Å². The number of amides is 1. The van der Waals surface area contributed by atoms with E-state index in [-0.39, 0.29) is 18.6 Å². The second-order valence-corrected chi connectivity index (χ2v) is 4.87. The minimum atomic E-state index is -0.244. The van der Waals surface area contributed by atoms with Crippen LogP contribution in [0, 0.1) is 0 Å². The number of anilines is 2. The number of hydrogen-bond acceptors (Lipinski definition) is 4. The third-order valence-corrected chi connectivity index (χ3v) is 3.08. The van der Waals surface area contributed by atoms with Gasteiger partial charge in [-0.2, -0.15) is 0 Å². The van der Waals surface area contributed by atoms with Gasteiger partial charge in [0.05, 0.1) is 24.1 Å². The van der Waals surface area contributed by atoms with Crippen LogP contribution in [0.5, 0.6) is 0 Å². The molecular weight excluding hydrogens is 268 g/mol. The van der Waals surface area contributed by atoms with E-state index in [9.17, 15) is 4.79 Å². The van der Waals surface area contributed by atoms with Crippen LogP contribution in [0.3, 0.4) is 0 Å². The van der Waals surface area contributed by atoms with Crippen molar-refractivity contribution in [1.29, 1.82) is 0 Å². The van der Waals surface area contributed by atoms with E-state index in [2.05, 4.69) is 5.32 Å². The average molecular weight is 285 g/mol. The van der Waals surface area contributed by atoms with Gasteiger partial charge >= 0.3 is 0 Å². The molecule has 0 spiro atoms. The minimum Gasteiger partial charge on any atom is -0.397 e. The normalized spacial score (nSPS) is 18.5. The van der Waals surface area contributed by atoms with Crippen LogP contribution in [0.4, 0.5) is 11.4 Å². The predicted molar refractivity (Wildman–Crippen MR) is 74.3 cm³/mol. The Kier molecular flexibility index (Phi) is 5.01. The highest BCUT2D eigenvalue weighted by atomic mass is 35.5. The molecule has 1 atom stereocenters. The summed E-state index contributed by atoms with van der Waals surface area (Å²) in [6.45, 7) is 1.22. The van der Waals surface area contributed by atoms with Crippen LogP contribution in [-0.4, -0.2) is 31.8 Å².